The number of nitrogens with two attached hydrogens (primary N) is 1. The molecule has 4 N–H and O–H groups in total. The number of pyridine rings is 1. The molecule has 0 atom stereocenters. The highest BCUT2D eigenvalue weighted by Gasteiger charge is 2.22. The number of amides is 1. The van der Waals surface area contributed by atoms with E-state index in [9.17, 15) is 14.7 Å². The van der Waals surface area contributed by atoms with Gasteiger partial charge >= 0.3 is 0 Å². The van der Waals surface area contributed by atoms with Crippen molar-refractivity contribution in [3.8, 4) is 16.8 Å². The molecule has 1 saturated carbocycles. The Hall–Kier alpha value is -4.76. The van der Waals surface area contributed by atoms with Gasteiger partial charge in [-0.25, -0.2) is 9.97 Å². The molecule has 0 saturated heterocycles. The number of rotatable bonds is 6. The Balaban J connectivity index is 1.25. The molecule has 5 aromatic rings. The lowest BCUT2D eigenvalue weighted by Crippen LogP contribution is -2.27. The summed E-state index contributed by atoms with van der Waals surface area (Å²) in [5.41, 5.74) is 9.83. The Morgan fingerprint density at radius 1 is 0.975 bits per heavy atom. The molecular formula is C31H30N6O3. The zero-order valence-electron chi connectivity index (χ0n) is 21.9. The normalized spacial score (nSPS) is 17.1. The summed E-state index contributed by atoms with van der Waals surface area (Å²) in [6.45, 7) is 0.797. The van der Waals surface area contributed by atoms with Gasteiger partial charge in [-0.3, -0.25) is 14.2 Å². The van der Waals surface area contributed by atoms with Gasteiger partial charge in [0.1, 0.15) is 23.4 Å². The van der Waals surface area contributed by atoms with Crippen molar-refractivity contribution >= 4 is 28.4 Å². The number of aliphatic hydroxyl groups excluding tert-OH is 1. The number of hydrogen-bond acceptors (Lipinski definition) is 6. The molecule has 0 unspecified atom stereocenters. The van der Waals surface area contributed by atoms with Crippen LogP contribution in [0.1, 0.15) is 36.0 Å². The first-order chi connectivity index (χ1) is 19.5. The second kappa shape index (κ2) is 10.8. The van der Waals surface area contributed by atoms with E-state index in [4.69, 9.17) is 5.73 Å². The SMILES string of the molecule is Nc1ncnc2c1c(-c1ccc(NC(=O)c3cccn(-c4ccccc4)c3=O)cc1)cn2C[C@H]1CC[C@@H](O)CC1. The van der Waals surface area contributed by atoms with Gasteiger partial charge in [-0.15, -0.1) is 0 Å². The molecule has 0 bridgehead atoms. The minimum Gasteiger partial charge on any atom is -0.393 e. The topological polar surface area (TPSA) is 128 Å². The van der Waals surface area contributed by atoms with Crippen LogP contribution in [-0.4, -0.2) is 36.2 Å². The van der Waals surface area contributed by atoms with E-state index in [0.29, 0.717) is 23.1 Å². The van der Waals surface area contributed by atoms with Crippen LogP contribution in [0.15, 0.2) is 90.2 Å². The van der Waals surface area contributed by atoms with Crippen molar-refractivity contribution in [3.63, 3.8) is 0 Å². The van der Waals surface area contributed by atoms with E-state index in [1.54, 1.807) is 24.4 Å². The van der Waals surface area contributed by atoms with Crippen LogP contribution in [-0.2, 0) is 6.54 Å². The number of para-hydroxylation sites is 1. The molecule has 1 aliphatic carbocycles. The molecule has 202 valence electrons. The van der Waals surface area contributed by atoms with Crippen molar-refractivity contribution in [1.29, 1.82) is 0 Å². The molecule has 40 heavy (non-hydrogen) atoms. The smallest absolute Gasteiger partial charge is 0.267 e. The number of anilines is 2. The van der Waals surface area contributed by atoms with Crippen LogP contribution in [0, 0.1) is 5.92 Å². The van der Waals surface area contributed by atoms with E-state index in [1.807, 2.05) is 42.5 Å². The summed E-state index contributed by atoms with van der Waals surface area (Å²) in [4.78, 5) is 34.8. The summed E-state index contributed by atoms with van der Waals surface area (Å²) in [5, 5.41) is 13.5. The number of carbonyl (C=O) groups is 1. The van der Waals surface area contributed by atoms with Crippen LogP contribution in [0.5, 0.6) is 0 Å². The van der Waals surface area contributed by atoms with E-state index in [1.165, 1.54) is 17.0 Å². The molecule has 9 nitrogen and oxygen atoms in total. The van der Waals surface area contributed by atoms with Crippen molar-refractivity contribution in [1.82, 2.24) is 19.1 Å². The molecule has 2 aromatic carbocycles. The van der Waals surface area contributed by atoms with Crippen LogP contribution in [0.2, 0.25) is 0 Å². The largest absolute Gasteiger partial charge is 0.393 e. The summed E-state index contributed by atoms with van der Waals surface area (Å²) in [6, 6.07) is 19.8. The average Bonchev–Trinajstić information content (AvgIpc) is 3.34. The lowest BCUT2D eigenvalue weighted by Gasteiger charge is -2.25. The number of hydrogen-bond donors (Lipinski definition) is 3. The van der Waals surface area contributed by atoms with Crippen LogP contribution in [0.3, 0.4) is 0 Å². The first-order valence-electron chi connectivity index (χ1n) is 13.4. The maximum absolute atomic E-state index is 13.0. The molecule has 0 aliphatic heterocycles. The third-order valence-corrected chi connectivity index (χ3v) is 7.63. The van der Waals surface area contributed by atoms with Crippen LogP contribution >= 0.6 is 0 Å². The summed E-state index contributed by atoms with van der Waals surface area (Å²) >= 11 is 0. The molecule has 3 heterocycles. The number of benzene rings is 2. The first-order valence-corrected chi connectivity index (χ1v) is 13.4. The fraction of sp³-hybridized carbons (Fsp3) is 0.226. The Morgan fingerprint density at radius 2 is 1.73 bits per heavy atom. The van der Waals surface area contributed by atoms with E-state index < -0.39 is 11.5 Å². The second-order valence-electron chi connectivity index (χ2n) is 10.3. The van der Waals surface area contributed by atoms with Gasteiger partial charge in [0.25, 0.3) is 11.5 Å². The monoisotopic (exact) mass is 534 g/mol. The number of carbonyl (C=O) groups excluding carboxylic acids is 1. The van der Waals surface area contributed by atoms with Crippen molar-refractivity contribution in [2.45, 2.75) is 38.3 Å². The highest BCUT2D eigenvalue weighted by molar-refractivity contribution is 6.04. The maximum Gasteiger partial charge on any atom is 0.267 e. The lowest BCUT2D eigenvalue weighted by atomic mass is 9.87. The Labute approximate surface area is 230 Å². The van der Waals surface area contributed by atoms with E-state index in [0.717, 1.165) is 54.4 Å². The van der Waals surface area contributed by atoms with Gasteiger partial charge in [0, 0.05) is 35.9 Å². The summed E-state index contributed by atoms with van der Waals surface area (Å²) in [7, 11) is 0. The molecular weight excluding hydrogens is 504 g/mol. The predicted molar refractivity (Wildman–Crippen MR) is 155 cm³/mol. The summed E-state index contributed by atoms with van der Waals surface area (Å²) in [5.74, 6) is 0.397. The van der Waals surface area contributed by atoms with Gasteiger partial charge in [0.05, 0.1) is 11.5 Å². The predicted octanol–water partition coefficient (Wildman–Crippen LogP) is 4.63. The van der Waals surface area contributed by atoms with Gasteiger partial charge in [0.15, 0.2) is 0 Å². The third kappa shape index (κ3) is 4.99. The number of aliphatic hydroxyl groups is 1. The number of nitrogens with one attached hydrogen (secondary N) is 1. The molecule has 0 spiro atoms. The fourth-order valence-electron chi connectivity index (χ4n) is 5.50. The molecule has 0 radical (unpaired) electrons. The van der Waals surface area contributed by atoms with Crippen LogP contribution in [0.25, 0.3) is 27.8 Å². The minimum absolute atomic E-state index is 0.0543. The van der Waals surface area contributed by atoms with E-state index in [-0.39, 0.29) is 11.7 Å². The minimum atomic E-state index is -0.477. The first kappa shape index (κ1) is 25.5. The van der Waals surface area contributed by atoms with E-state index >= 15 is 0 Å². The van der Waals surface area contributed by atoms with Crippen LogP contribution in [0.4, 0.5) is 11.5 Å². The highest BCUT2D eigenvalue weighted by atomic mass is 16.3. The zero-order chi connectivity index (χ0) is 27.6. The standard InChI is InChI=1S/C31H30N6O3/c32-28-27-26(18-36(29(27)34-19-33-28)17-20-8-14-24(38)15-9-20)21-10-12-22(13-11-21)35-30(39)25-7-4-16-37(31(25)40)23-5-2-1-3-6-23/h1-7,10-13,16,18-20,24,38H,8-9,14-15,17H2,(H,35,39)(H2,32,33,34)/t20-,24+. The second-order valence-corrected chi connectivity index (χ2v) is 10.3. The average molecular weight is 535 g/mol. The van der Waals surface area contributed by atoms with E-state index in [2.05, 4.69) is 26.0 Å². The van der Waals surface area contributed by atoms with Crippen molar-refractivity contribution in [2.75, 3.05) is 11.1 Å². The summed E-state index contributed by atoms with van der Waals surface area (Å²) < 4.78 is 3.59. The van der Waals surface area contributed by atoms with Crippen molar-refractivity contribution in [2.24, 2.45) is 5.92 Å². The van der Waals surface area contributed by atoms with Crippen molar-refractivity contribution in [3.05, 3.63) is 101 Å². The number of nitrogen functional groups attached to an aromatic ring is 1. The molecule has 1 aliphatic rings. The van der Waals surface area contributed by atoms with Gasteiger partial charge in [-0.1, -0.05) is 30.3 Å². The molecule has 9 heteroatoms. The number of fused-ring (bicyclic) bond motifs is 1. The van der Waals surface area contributed by atoms with Crippen molar-refractivity contribution < 1.29 is 9.90 Å². The summed E-state index contributed by atoms with van der Waals surface area (Å²) in [6.07, 6.45) is 8.59. The molecule has 1 amide bonds. The Kier molecular flexibility index (Phi) is 6.88. The molecule has 3 aromatic heterocycles. The molecule has 1 fully saturated rings. The van der Waals surface area contributed by atoms with Gasteiger partial charge in [-0.2, -0.15) is 0 Å². The number of nitrogens with zero attached hydrogens (tertiary/aromatic N) is 4. The van der Waals surface area contributed by atoms with Gasteiger partial charge < -0.3 is 20.7 Å². The zero-order valence-corrected chi connectivity index (χ0v) is 21.9. The Morgan fingerprint density at radius 3 is 2.48 bits per heavy atom. The molecule has 6 rings (SSSR count). The highest BCUT2D eigenvalue weighted by Crippen LogP contribution is 2.35. The van der Waals surface area contributed by atoms with Crippen LogP contribution < -0.4 is 16.6 Å². The maximum atomic E-state index is 13.0. The lowest BCUT2D eigenvalue weighted by molar-refractivity contribution is 0.102. The fourth-order valence-corrected chi connectivity index (χ4v) is 5.50. The van der Waals surface area contributed by atoms with Gasteiger partial charge in [-0.05, 0) is 73.6 Å². The van der Waals surface area contributed by atoms with Gasteiger partial charge in [0.2, 0.25) is 0 Å². The Bertz CT molecular complexity index is 1720. The number of aromatic nitrogens is 4. The quantitative estimate of drug-likeness (QED) is 0.291. The third-order valence-electron chi connectivity index (χ3n) is 7.63.